The number of aryl methyl sites for hydroxylation is 1. The van der Waals surface area contributed by atoms with Crippen LogP contribution in [0.15, 0.2) is 17.1 Å². The number of halogens is 2. The van der Waals surface area contributed by atoms with Crippen LogP contribution in [-0.2, 0) is 17.6 Å². The van der Waals surface area contributed by atoms with Crippen LogP contribution in [0, 0.1) is 7.14 Å². The maximum Gasteiger partial charge on any atom is 0.341 e. The highest BCUT2D eigenvalue weighted by Gasteiger charge is 2.26. The maximum absolute atomic E-state index is 12.4. The number of nitrogens with zero attached hydrogens (tertiary/aromatic N) is 1. The molecular weight excluding hydrogens is 564 g/mol. The third-order valence-electron chi connectivity index (χ3n) is 4.01. The van der Waals surface area contributed by atoms with E-state index in [1.807, 2.05) is 19.1 Å². The van der Waals surface area contributed by atoms with Crippen LogP contribution in [-0.4, -0.2) is 23.9 Å². The molecule has 0 atom stereocenters. The number of phenols is 1. The van der Waals surface area contributed by atoms with Gasteiger partial charge in [0.2, 0.25) is 0 Å². The smallest absolute Gasteiger partial charge is 0.341 e. The van der Waals surface area contributed by atoms with Crippen LogP contribution in [0.25, 0.3) is 0 Å². The van der Waals surface area contributed by atoms with Crippen molar-refractivity contribution >= 4 is 73.7 Å². The van der Waals surface area contributed by atoms with Gasteiger partial charge in [-0.1, -0.05) is 0 Å². The van der Waals surface area contributed by atoms with Crippen molar-refractivity contribution in [3.8, 4) is 5.75 Å². The molecule has 0 unspecified atom stereocenters. The predicted molar refractivity (Wildman–Crippen MR) is 118 cm³/mol. The summed E-state index contributed by atoms with van der Waals surface area (Å²) in [7, 11) is 0. The molecule has 1 aliphatic rings. The first-order valence-corrected chi connectivity index (χ1v) is 11.0. The molecule has 1 aromatic carbocycles. The Morgan fingerprint density at radius 3 is 2.88 bits per heavy atom. The van der Waals surface area contributed by atoms with Crippen molar-refractivity contribution in [2.24, 2.45) is 4.99 Å². The van der Waals surface area contributed by atoms with Gasteiger partial charge in [-0.2, -0.15) is 0 Å². The first kappa shape index (κ1) is 19.1. The van der Waals surface area contributed by atoms with E-state index in [2.05, 4.69) is 50.2 Å². The molecule has 0 aliphatic heterocycles. The fourth-order valence-corrected chi connectivity index (χ4v) is 5.98. The monoisotopic (exact) mass is 581 g/mol. The number of aromatic hydroxyl groups is 1. The number of ether oxygens (including phenoxy) is 1. The zero-order valence-corrected chi connectivity index (χ0v) is 18.8. The minimum atomic E-state index is -0.296. The van der Waals surface area contributed by atoms with Crippen LogP contribution in [0.2, 0.25) is 0 Å². The van der Waals surface area contributed by atoms with Crippen molar-refractivity contribution in [2.75, 3.05) is 6.61 Å². The van der Waals surface area contributed by atoms with Crippen molar-refractivity contribution in [1.82, 2.24) is 0 Å². The fraction of sp³-hybridized carbons (Fsp3) is 0.333. The summed E-state index contributed by atoms with van der Waals surface area (Å²) in [6, 6.07) is 3.78. The highest BCUT2D eigenvalue weighted by atomic mass is 127. The van der Waals surface area contributed by atoms with Crippen molar-refractivity contribution in [3.63, 3.8) is 0 Å². The summed E-state index contributed by atoms with van der Waals surface area (Å²) >= 11 is 5.88. The lowest BCUT2D eigenvalue weighted by Crippen LogP contribution is -2.09. The molecule has 1 aromatic heterocycles. The number of hydrogen-bond donors (Lipinski definition) is 1. The Morgan fingerprint density at radius 2 is 2.12 bits per heavy atom. The Bertz CT molecular complexity index is 845. The second-order valence-corrected chi connectivity index (χ2v) is 9.19. The van der Waals surface area contributed by atoms with Crippen LogP contribution < -0.4 is 0 Å². The van der Waals surface area contributed by atoms with E-state index in [1.54, 1.807) is 17.6 Å². The van der Waals surface area contributed by atoms with Gasteiger partial charge in [0, 0.05) is 20.2 Å². The molecule has 4 nitrogen and oxygen atoms in total. The summed E-state index contributed by atoms with van der Waals surface area (Å²) in [6.45, 7) is 2.16. The van der Waals surface area contributed by atoms with Gasteiger partial charge < -0.3 is 9.84 Å². The number of carbonyl (C=O) groups excluding carboxylic acids is 1. The van der Waals surface area contributed by atoms with E-state index in [0.717, 1.165) is 38.4 Å². The molecule has 1 N–H and O–H groups in total. The Labute approximate surface area is 178 Å². The molecule has 1 aliphatic carbocycles. The number of benzene rings is 1. The first-order chi connectivity index (χ1) is 12.0. The standard InChI is InChI=1S/C18H17I2NO3S/c1-2-24-18(23)15-12-5-3-4-6-14(12)25-17(15)21-9-10-7-11(19)8-13(20)16(10)22/h7-9,22H,2-6H2,1H3/b21-9+. The highest BCUT2D eigenvalue weighted by molar-refractivity contribution is 14.1. The molecule has 0 bridgehead atoms. The lowest BCUT2D eigenvalue weighted by atomic mass is 9.95. The van der Waals surface area contributed by atoms with E-state index in [9.17, 15) is 9.90 Å². The molecule has 0 spiro atoms. The quantitative estimate of drug-likeness (QED) is 0.296. The second-order valence-electron chi connectivity index (χ2n) is 5.70. The maximum atomic E-state index is 12.4. The van der Waals surface area contributed by atoms with Crippen molar-refractivity contribution in [2.45, 2.75) is 32.6 Å². The van der Waals surface area contributed by atoms with Crippen LogP contribution >= 0.6 is 56.5 Å². The van der Waals surface area contributed by atoms with E-state index >= 15 is 0 Å². The number of hydrogen-bond acceptors (Lipinski definition) is 5. The van der Waals surface area contributed by atoms with E-state index in [0.29, 0.717) is 22.7 Å². The molecule has 3 rings (SSSR count). The van der Waals surface area contributed by atoms with Crippen molar-refractivity contribution in [3.05, 3.63) is 40.8 Å². The summed E-state index contributed by atoms with van der Waals surface area (Å²) in [4.78, 5) is 18.2. The number of esters is 1. The lowest BCUT2D eigenvalue weighted by Gasteiger charge is -2.11. The van der Waals surface area contributed by atoms with Gasteiger partial charge in [-0.25, -0.2) is 9.79 Å². The Kier molecular flexibility index (Phi) is 6.37. The van der Waals surface area contributed by atoms with Crippen LogP contribution in [0.4, 0.5) is 5.00 Å². The number of carbonyl (C=O) groups is 1. The molecule has 25 heavy (non-hydrogen) atoms. The Morgan fingerprint density at radius 1 is 1.36 bits per heavy atom. The fourth-order valence-electron chi connectivity index (χ4n) is 2.87. The second kappa shape index (κ2) is 8.34. The van der Waals surface area contributed by atoms with Gasteiger partial charge in [-0.05, 0) is 95.5 Å². The van der Waals surface area contributed by atoms with Gasteiger partial charge >= 0.3 is 5.97 Å². The molecule has 0 radical (unpaired) electrons. The SMILES string of the molecule is CCOC(=O)c1c(/N=C/c2cc(I)cc(I)c2O)sc2c1CCCC2. The summed E-state index contributed by atoms with van der Waals surface area (Å²) in [5.41, 5.74) is 2.36. The Balaban J connectivity index is 2.02. The topological polar surface area (TPSA) is 58.9 Å². The van der Waals surface area contributed by atoms with E-state index in [-0.39, 0.29) is 11.7 Å². The van der Waals surface area contributed by atoms with Crippen LogP contribution in [0.5, 0.6) is 5.75 Å². The van der Waals surface area contributed by atoms with Gasteiger partial charge in [0.25, 0.3) is 0 Å². The van der Waals surface area contributed by atoms with Crippen molar-refractivity contribution < 1.29 is 14.6 Å². The number of aliphatic imine (C=N–C) groups is 1. The zero-order chi connectivity index (χ0) is 18.0. The van der Waals surface area contributed by atoms with Gasteiger partial charge in [0.1, 0.15) is 10.8 Å². The summed E-state index contributed by atoms with van der Waals surface area (Å²) in [6.07, 6.45) is 5.78. The van der Waals surface area contributed by atoms with Crippen LogP contribution in [0.1, 0.15) is 46.1 Å². The molecule has 2 aromatic rings. The number of fused-ring (bicyclic) bond motifs is 1. The van der Waals surface area contributed by atoms with Gasteiger partial charge in [0.15, 0.2) is 0 Å². The van der Waals surface area contributed by atoms with E-state index < -0.39 is 0 Å². The normalized spacial score (nSPS) is 13.9. The third-order valence-corrected chi connectivity index (χ3v) is 6.66. The van der Waals surface area contributed by atoms with Gasteiger partial charge in [0.05, 0.1) is 15.7 Å². The molecule has 1 heterocycles. The average Bonchev–Trinajstić information content (AvgIpc) is 2.95. The largest absolute Gasteiger partial charge is 0.506 e. The number of rotatable bonds is 4. The third kappa shape index (κ3) is 4.19. The van der Waals surface area contributed by atoms with E-state index in [4.69, 9.17) is 4.74 Å². The molecule has 0 saturated heterocycles. The minimum Gasteiger partial charge on any atom is -0.506 e. The molecule has 0 amide bonds. The molecule has 0 saturated carbocycles. The highest BCUT2D eigenvalue weighted by Crippen LogP contribution is 2.40. The molecule has 0 fully saturated rings. The molecule has 132 valence electrons. The predicted octanol–water partition coefficient (Wildman–Crippen LogP) is 5.47. The summed E-state index contributed by atoms with van der Waals surface area (Å²) < 4.78 is 7.05. The molecule has 7 heteroatoms. The number of thiophene rings is 1. The van der Waals surface area contributed by atoms with Crippen molar-refractivity contribution in [1.29, 1.82) is 0 Å². The first-order valence-electron chi connectivity index (χ1n) is 8.05. The Hall–Kier alpha value is -0.680. The number of phenolic OH excluding ortho intramolecular Hbond substituents is 1. The molecular formula is C18H17I2NO3S. The minimum absolute atomic E-state index is 0.212. The van der Waals surface area contributed by atoms with Gasteiger partial charge in [-0.15, -0.1) is 11.3 Å². The summed E-state index contributed by atoms with van der Waals surface area (Å²) in [5, 5.41) is 10.9. The average molecular weight is 581 g/mol. The lowest BCUT2D eigenvalue weighted by molar-refractivity contribution is 0.0526. The van der Waals surface area contributed by atoms with Gasteiger partial charge in [-0.3, -0.25) is 0 Å². The van der Waals surface area contributed by atoms with Crippen LogP contribution in [0.3, 0.4) is 0 Å². The summed E-state index contributed by atoms with van der Waals surface area (Å²) in [5.74, 6) is -0.0840. The zero-order valence-electron chi connectivity index (χ0n) is 13.6. The van der Waals surface area contributed by atoms with E-state index in [1.165, 1.54) is 4.88 Å².